The average molecular weight is 159 g/mol. The second-order valence-electron chi connectivity index (χ2n) is 2.62. The Morgan fingerprint density at radius 2 is 2.50 bits per heavy atom. The second kappa shape index (κ2) is 3.39. The van der Waals surface area contributed by atoms with Crippen molar-refractivity contribution in [3.63, 3.8) is 0 Å². The lowest BCUT2D eigenvalue weighted by molar-refractivity contribution is -0.114. The van der Waals surface area contributed by atoms with Gasteiger partial charge in [-0.25, -0.2) is 0 Å². The summed E-state index contributed by atoms with van der Waals surface area (Å²) in [6, 6.07) is 0.105. The molecule has 1 heterocycles. The van der Waals surface area contributed by atoms with Gasteiger partial charge in [-0.1, -0.05) is 6.92 Å². The Kier molecular flexibility index (Phi) is 2.74. The number of likely N-dealkylation sites (tertiary alicyclic amines) is 1. The third-order valence-corrected chi connectivity index (χ3v) is 2.35. The summed E-state index contributed by atoms with van der Waals surface area (Å²) < 4.78 is 0. The number of nitrogens with zero attached hydrogens (tertiary/aromatic N) is 1. The summed E-state index contributed by atoms with van der Waals surface area (Å²) in [5.41, 5.74) is 0. The minimum absolute atomic E-state index is 0.0272. The first-order valence-corrected chi connectivity index (χ1v) is 4.17. The van der Waals surface area contributed by atoms with Gasteiger partial charge in [0.1, 0.15) is 0 Å². The SMILES string of the molecule is CCN1CCCC1C(=O)S. The Morgan fingerprint density at radius 1 is 1.80 bits per heavy atom. The normalized spacial score (nSPS) is 27.2. The zero-order valence-corrected chi connectivity index (χ0v) is 7.10. The number of rotatable bonds is 2. The van der Waals surface area contributed by atoms with Crippen molar-refractivity contribution < 1.29 is 4.79 Å². The Morgan fingerprint density at radius 3 is 2.90 bits per heavy atom. The van der Waals surface area contributed by atoms with Crippen molar-refractivity contribution in [1.29, 1.82) is 0 Å². The monoisotopic (exact) mass is 159 g/mol. The molecule has 0 aromatic carbocycles. The van der Waals surface area contributed by atoms with Crippen LogP contribution in [0.4, 0.5) is 0 Å². The minimum atomic E-state index is 0.0272. The lowest BCUT2D eigenvalue weighted by atomic mass is 10.2. The Hall–Kier alpha value is -0.0200. The van der Waals surface area contributed by atoms with E-state index in [1.165, 1.54) is 0 Å². The van der Waals surface area contributed by atoms with E-state index < -0.39 is 0 Å². The summed E-state index contributed by atoms with van der Waals surface area (Å²) in [4.78, 5) is 13.0. The van der Waals surface area contributed by atoms with E-state index in [2.05, 4.69) is 24.5 Å². The highest BCUT2D eigenvalue weighted by molar-refractivity contribution is 7.96. The van der Waals surface area contributed by atoms with E-state index in [0.717, 1.165) is 25.9 Å². The standard InChI is InChI=1S/C7H13NOS/c1-2-8-5-3-4-6(8)7(9)10/h6H,2-5H2,1H3,(H,9,10). The van der Waals surface area contributed by atoms with Crippen molar-refractivity contribution in [3.8, 4) is 0 Å². The molecule has 1 unspecified atom stereocenters. The molecule has 58 valence electrons. The topological polar surface area (TPSA) is 20.3 Å². The van der Waals surface area contributed by atoms with Crippen LogP contribution in [0.5, 0.6) is 0 Å². The lowest BCUT2D eigenvalue weighted by Gasteiger charge is -2.18. The van der Waals surface area contributed by atoms with Crippen LogP contribution in [0.3, 0.4) is 0 Å². The first-order valence-electron chi connectivity index (χ1n) is 3.72. The maximum Gasteiger partial charge on any atom is 0.203 e. The van der Waals surface area contributed by atoms with Crippen LogP contribution < -0.4 is 0 Å². The fourth-order valence-corrected chi connectivity index (χ4v) is 1.78. The largest absolute Gasteiger partial charge is 0.293 e. The van der Waals surface area contributed by atoms with Gasteiger partial charge in [-0.2, -0.15) is 0 Å². The van der Waals surface area contributed by atoms with Crippen LogP contribution in [-0.4, -0.2) is 29.1 Å². The zero-order valence-electron chi connectivity index (χ0n) is 6.21. The summed E-state index contributed by atoms with van der Waals surface area (Å²) in [6.07, 6.45) is 2.14. The van der Waals surface area contributed by atoms with Crippen molar-refractivity contribution in [1.82, 2.24) is 4.90 Å². The minimum Gasteiger partial charge on any atom is -0.293 e. The van der Waals surface area contributed by atoms with E-state index in [0.29, 0.717) is 0 Å². The van der Waals surface area contributed by atoms with Gasteiger partial charge in [0.05, 0.1) is 6.04 Å². The van der Waals surface area contributed by atoms with Crippen LogP contribution in [0.25, 0.3) is 0 Å². The maximum absolute atomic E-state index is 10.8. The van der Waals surface area contributed by atoms with E-state index >= 15 is 0 Å². The van der Waals surface area contributed by atoms with Crippen molar-refractivity contribution in [2.24, 2.45) is 0 Å². The molecule has 0 radical (unpaired) electrons. The first kappa shape index (κ1) is 8.08. The molecule has 1 saturated heterocycles. The fourth-order valence-electron chi connectivity index (χ4n) is 1.48. The Bertz CT molecular complexity index is 138. The van der Waals surface area contributed by atoms with E-state index in [-0.39, 0.29) is 11.2 Å². The molecule has 0 aliphatic carbocycles. The van der Waals surface area contributed by atoms with E-state index in [4.69, 9.17) is 0 Å². The van der Waals surface area contributed by atoms with Gasteiger partial charge in [0.15, 0.2) is 0 Å². The molecular formula is C7H13NOS. The van der Waals surface area contributed by atoms with Crippen molar-refractivity contribution in [2.75, 3.05) is 13.1 Å². The number of carbonyl (C=O) groups is 1. The van der Waals surface area contributed by atoms with Gasteiger partial charge >= 0.3 is 0 Å². The fraction of sp³-hybridized carbons (Fsp3) is 0.857. The molecule has 0 spiro atoms. The molecule has 3 heteroatoms. The third-order valence-electron chi connectivity index (χ3n) is 2.05. The highest BCUT2D eigenvalue weighted by atomic mass is 32.1. The van der Waals surface area contributed by atoms with Crippen LogP contribution in [0, 0.1) is 0 Å². The number of hydrogen-bond acceptors (Lipinski definition) is 2. The van der Waals surface area contributed by atoms with Crippen LogP contribution in [0.15, 0.2) is 0 Å². The third kappa shape index (κ3) is 1.52. The van der Waals surface area contributed by atoms with Crippen LogP contribution in [-0.2, 0) is 4.79 Å². The molecule has 1 atom stereocenters. The summed E-state index contributed by atoms with van der Waals surface area (Å²) in [5.74, 6) is 0. The predicted molar refractivity (Wildman–Crippen MR) is 44.3 cm³/mol. The molecular weight excluding hydrogens is 146 g/mol. The zero-order chi connectivity index (χ0) is 7.56. The summed E-state index contributed by atoms with van der Waals surface area (Å²) >= 11 is 3.83. The molecule has 1 aliphatic rings. The number of carbonyl (C=O) groups excluding carboxylic acids is 1. The Labute approximate surface area is 67.0 Å². The molecule has 1 rings (SSSR count). The van der Waals surface area contributed by atoms with Gasteiger partial charge in [0, 0.05) is 0 Å². The summed E-state index contributed by atoms with van der Waals surface area (Å²) in [7, 11) is 0. The molecule has 0 aromatic rings. The molecule has 0 saturated carbocycles. The highest BCUT2D eigenvalue weighted by Gasteiger charge is 2.26. The molecule has 2 nitrogen and oxygen atoms in total. The summed E-state index contributed by atoms with van der Waals surface area (Å²) in [5, 5.41) is 0.0272. The Balaban J connectivity index is 2.50. The van der Waals surface area contributed by atoms with Crippen molar-refractivity contribution in [3.05, 3.63) is 0 Å². The average Bonchev–Trinajstić information content (AvgIpc) is 2.33. The van der Waals surface area contributed by atoms with Gasteiger partial charge in [-0.15, -0.1) is 12.6 Å². The van der Waals surface area contributed by atoms with Crippen molar-refractivity contribution in [2.45, 2.75) is 25.8 Å². The van der Waals surface area contributed by atoms with E-state index in [1.807, 2.05) is 0 Å². The quantitative estimate of drug-likeness (QED) is 0.605. The number of likely N-dealkylation sites (N-methyl/N-ethyl adjacent to an activating group) is 1. The smallest absolute Gasteiger partial charge is 0.203 e. The van der Waals surface area contributed by atoms with Gasteiger partial charge in [0.25, 0.3) is 0 Å². The number of hydrogen-bond donors (Lipinski definition) is 1. The van der Waals surface area contributed by atoms with Crippen LogP contribution >= 0.6 is 12.6 Å². The molecule has 0 aromatic heterocycles. The van der Waals surface area contributed by atoms with Crippen molar-refractivity contribution >= 4 is 17.7 Å². The maximum atomic E-state index is 10.8. The van der Waals surface area contributed by atoms with Crippen LogP contribution in [0.1, 0.15) is 19.8 Å². The van der Waals surface area contributed by atoms with E-state index in [1.54, 1.807) is 0 Å². The van der Waals surface area contributed by atoms with Gasteiger partial charge in [0.2, 0.25) is 5.12 Å². The van der Waals surface area contributed by atoms with E-state index in [9.17, 15) is 4.79 Å². The molecule has 1 fully saturated rings. The van der Waals surface area contributed by atoms with Crippen LogP contribution in [0.2, 0.25) is 0 Å². The predicted octanol–water partition coefficient (Wildman–Crippen LogP) is 0.927. The number of thiol groups is 1. The van der Waals surface area contributed by atoms with Gasteiger partial charge in [-0.05, 0) is 25.9 Å². The second-order valence-corrected chi connectivity index (χ2v) is 3.07. The molecule has 0 bridgehead atoms. The molecule has 1 aliphatic heterocycles. The molecule has 10 heavy (non-hydrogen) atoms. The molecule has 0 amide bonds. The highest BCUT2D eigenvalue weighted by Crippen LogP contribution is 2.17. The first-order chi connectivity index (χ1) is 4.75. The van der Waals surface area contributed by atoms with Gasteiger partial charge < -0.3 is 0 Å². The molecule has 0 N–H and O–H groups in total. The van der Waals surface area contributed by atoms with Gasteiger partial charge in [-0.3, -0.25) is 9.69 Å². The summed E-state index contributed by atoms with van der Waals surface area (Å²) in [6.45, 7) is 4.11. The lowest BCUT2D eigenvalue weighted by Crippen LogP contribution is -2.33.